The molecule has 2 saturated heterocycles. The summed E-state index contributed by atoms with van der Waals surface area (Å²) in [6, 6.07) is 8.03. The Bertz CT molecular complexity index is 1570. The van der Waals surface area contributed by atoms with Gasteiger partial charge in [0.25, 0.3) is 0 Å². The number of para-hydroxylation sites is 2. The van der Waals surface area contributed by atoms with E-state index >= 15 is 0 Å². The highest BCUT2D eigenvalue weighted by Gasteiger charge is 2.30. The van der Waals surface area contributed by atoms with Crippen molar-refractivity contribution in [2.75, 3.05) is 62.8 Å². The van der Waals surface area contributed by atoms with Crippen molar-refractivity contribution in [2.45, 2.75) is 13.3 Å². The third-order valence-corrected chi connectivity index (χ3v) is 8.23. The van der Waals surface area contributed by atoms with Crippen LogP contribution in [0.4, 0.5) is 5.82 Å². The lowest BCUT2D eigenvalue weighted by Crippen LogP contribution is -2.49. The molecular formula is C25H32N8O3S. The average Bonchev–Trinajstić information content (AvgIpc) is 3.35. The molecule has 4 aromatic rings. The molecule has 0 unspecified atom stereocenters. The molecule has 1 aromatic carbocycles. The number of imidazole rings is 2. The van der Waals surface area contributed by atoms with E-state index in [2.05, 4.69) is 14.4 Å². The maximum absolute atomic E-state index is 11.5. The number of morpholine rings is 1. The number of ether oxygens (including phenoxy) is 1. The summed E-state index contributed by atoms with van der Waals surface area (Å²) in [4.78, 5) is 24.2. The molecule has 0 saturated carbocycles. The van der Waals surface area contributed by atoms with E-state index in [1.165, 1.54) is 6.26 Å². The molecule has 5 heterocycles. The number of benzene rings is 1. The van der Waals surface area contributed by atoms with Crippen LogP contribution in [0.3, 0.4) is 0 Å². The van der Waals surface area contributed by atoms with E-state index in [-0.39, 0.29) is 5.75 Å². The predicted molar refractivity (Wildman–Crippen MR) is 142 cm³/mol. The second-order valence-electron chi connectivity index (χ2n) is 10.1. The fraction of sp³-hybridized carbons (Fsp3) is 0.520. The fourth-order valence-electron chi connectivity index (χ4n) is 5.30. The maximum atomic E-state index is 11.5. The highest BCUT2D eigenvalue weighted by molar-refractivity contribution is 7.90. The number of aryl methyl sites for hydroxylation is 2. The summed E-state index contributed by atoms with van der Waals surface area (Å²) < 4.78 is 32.7. The van der Waals surface area contributed by atoms with Crippen LogP contribution in [0.15, 0.2) is 24.3 Å². The Kier molecular flexibility index (Phi) is 6.12. The first-order valence-electron chi connectivity index (χ1n) is 12.7. The molecule has 37 heavy (non-hydrogen) atoms. The third kappa shape index (κ3) is 4.69. The van der Waals surface area contributed by atoms with E-state index in [1.54, 1.807) is 0 Å². The van der Waals surface area contributed by atoms with Gasteiger partial charge in [-0.3, -0.25) is 4.57 Å². The molecule has 196 valence electrons. The molecule has 3 aromatic heterocycles. The monoisotopic (exact) mass is 524 g/mol. The van der Waals surface area contributed by atoms with Crippen molar-refractivity contribution in [3.05, 3.63) is 35.9 Å². The molecule has 2 aliphatic heterocycles. The third-order valence-electron chi connectivity index (χ3n) is 7.30. The Balaban J connectivity index is 1.36. The molecule has 2 aliphatic rings. The second kappa shape index (κ2) is 9.34. The van der Waals surface area contributed by atoms with Crippen molar-refractivity contribution in [1.29, 1.82) is 0 Å². The molecule has 0 bridgehead atoms. The molecule has 0 atom stereocenters. The van der Waals surface area contributed by atoms with Crippen molar-refractivity contribution < 1.29 is 13.2 Å². The molecule has 0 aliphatic carbocycles. The van der Waals surface area contributed by atoms with Crippen LogP contribution in [0.1, 0.15) is 11.6 Å². The van der Waals surface area contributed by atoms with Gasteiger partial charge in [-0.15, -0.1) is 0 Å². The van der Waals surface area contributed by atoms with Crippen LogP contribution in [0.2, 0.25) is 0 Å². The number of hydrogen-bond acceptors (Lipinski definition) is 9. The van der Waals surface area contributed by atoms with Crippen LogP contribution in [0.5, 0.6) is 0 Å². The zero-order valence-electron chi connectivity index (χ0n) is 21.5. The Morgan fingerprint density at radius 3 is 2.57 bits per heavy atom. The van der Waals surface area contributed by atoms with Gasteiger partial charge < -0.3 is 19.1 Å². The number of sulfone groups is 1. The largest absolute Gasteiger partial charge is 0.378 e. The summed E-state index contributed by atoms with van der Waals surface area (Å²) in [6.45, 7) is 7.13. The van der Waals surface area contributed by atoms with E-state index in [9.17, 15) is 8.42 Å². The summed E-state index contributed by atoms with van der Waals surface area (Å²) in [5.41, 5.74) is 3.48. The number of rotatable bonds is 7. The molecule has 0 radical (unpaired) electrons. The van der Waals surface area contributed by atoms with Gasteiger partial charge in [0, 0.05) is 52.4 Å². The minimum Gasteiger partial charge on any atom is -0.378 e. The minimum atomic E-state index is -2.94. The van der Waals surface area contributed by atoms with Gasteiger partial charge in [0.15, 0.2) is 17.0 Å². The quantitative estimate of drug-likeness (QED) is 0.354. The van der Waals surface area contributed by atoms with Gasteiger partial charge in [-0.2, -0.15) is 9.97 Å². The van der Waals surface area contributed by atoms with Gasteiger partial charge in [0.2, 0.25) is 5.95 Å². The second-order valence-corrected chi connectivity index (χ2v) is 12.4. The number of hydrogen-bond donors (Lipinski definition) is 0. The van der Waals surface area contributed by atoms with Crippen molar-refractivity contribution in [1.82, 2.24) is 34.0 Å². The highest BCUT2D eigenvalue weighted by atomic mass is 32.2. The van der Waals surface area contributed by atoms with Gasteiger partial charge in [-0.25, -0.2) is 18.4 Å². The van der Waals surface area contributed by atoms with Crippen molar-refractivity contribution in [2.24, 2.45) is 13.0 Å². The van der Waals surface area contributed by atoms with Crippen molar-refractivity contribution in [3.8, 4) is 5.95 Å². The van der Waals surface area contributed by atoms with E-state index < -0.39 is 9.84 Å². The van der Waals surface area contributed by atoms with Crippen LogP contribution >= 0.6 is 0 Å². The molecule has 11 nitrogen and oxygen atoms in total. The average molecular weight is 525 g/mol. The van der Waals surface area contributed by atoms with Crippen molar-refractivity contribution in [3.63, 3.8) is 0 Å². The number of anilines is 1. The Hall–Kier alpha value is -3.09. The smallest absolute Gasteiger partial charge is 0.239 e. The van der Waals surface area contributed by atoms with Crippen LogP contribution in [0.25, 0.3) is 28.1 Å². The Labute approximate surface area is 216 Å². The van der Waals surface area contributed by atoms with E-state index in [0.717, 1.165) is 72.3 Å². The first-order valence-corrected chi connectivity index (χ1v) is 14.7. The SMILES string of the molecule is Cc1nc2ccccc2n1-c1nc(N2CCOCC2)c2nc(CC3CN(CCS(C)(=O)=O)C3)n(C)c2n1. The van der Waals surface area contributed by atoms with Crippen LogP contribution in [-0.4, -0.2) is 100 Å². The predicted octanol–water partition coefficient (Wildman–Crippen LogP) is 1.37. The lowest BCUT2D eigenvalue weighted by molar-refractivity contribution is 0.107. The molecule has 12 heteroatoms. The van der Waals surface area contributed by atoms with Gasteiger partial charge in [0.1, 0.15) is 21.5 Å². The molecule has 0 spiro atoms. The summed E-state index contributed by atoms with van der Waals surface area (Å²) in [7, 11) is -0.927. The van der Waals surface area contributed by atoms with Crippen LogP contribution in [-0.2, 0) is 28.0 Å². The number of aromatic nitrogens is 6. The standard InChI is InChI=1S/C25H32N8O3S/c1-17-26-19-6-4-5-7-20(19)33(17)25-28-23-22(24(29-25)32-8-11-36-12-9-32)27-21(30(23)2)14-18-15-31(16-18)10-13-37(3,34)35/h4-7,18H,8-16H2,1-3H3. The summed E-state index contributed by atoms with van der Waals surface area (Å²) in [6.07, 6.45) is 2.10. The number of fused-ring (bicyclic) bond motifs is 2. The van der Waals surface area contributed by atoms with Crippen LogP contribution in [0, 0.1) is 12.8 Å². The van der Waals surface area contributed by atoms with Crippen LogP contribution < -0.4 is 4.90 Å². The van der Waals surface area contributed by atoms with Gasteiger partial charge in [0.05, 0.1) is 30.0 Å². The van der Waals surface area contributed by atoms with Gasteiger partial charge >= 0.3 is 0 Å². The molecule has 0 N–H and O–H groups in total. The Morgan fingerprint density at radius 1 is 1.05 bits per heavy atom. The van der Waals surface area contributed by atoms with E-state index in [1.807, 2.05) is 42.8 Å². The van der Waals surface area contributed by atoms with Crippen molar-refractivity contribution >= 4 is 37.9 Å². The summed E-state index contributed by atoms with van der Waals surface area (Å²) >= 11 is 0. The number of likely N-dealkylation sites (tertiary alicyclic amines) is 1. The molecule has 0 amide bonds. The summed E-state index contributed by atoms with van der Waals surface area (Å²) in [5.74, 6) is 3.86. The molecule has 6 rings (SSSR count). The highest BCUT2D eigenvalue weighted by Crippen LogP contribution is 2.29. The van der Waals surface area contributed by atoms with E-state index in [0.29, 0.717) is 31.6 Å². The first-order chi connectivity index (χ1) is 17.8. The minimum absolute atomic E-state index is 0.204. The topological polar surface area (TPSA) is 111 Å². The van der Waals surface area contributed by atoms with E-state index in [4.69, 9.17) is 24.7 Å². The molecule has 2 fully saturated rings. The normalized spacial score (nSPS) is 17.6. The lowest BCUT2D eigenvalue weighted by Gasteiger charge is -2.39. The maximum Gasteiger partial charge on any atom is 0.239 e. The zero-order chi connectivity index (χ0) is 25.7. The summed E-state index contributed by atoms with van der Waals surface area (Å²) in [5, 5.41) is 0. The zero-order valence-corrected chi connectivity index (χ0v) is 22.3. The van der Waals surface area contributed by atoms with Gasteiger partial charge in [-0.1, -0.05) is 12.1 Å². The lowest BCUT2D eigenvalue weighted by atomic mass is 9.96. The molecular weight excluding hydrogens is 492 g/mol. The first kappa shape index (κ1) is 24.3. The number of nitrogens with zero attached hydrogens (tertiary/aromatic N) is 8. The van der Waals surface area contributed by atoms with Gasteiger partial charge in [-0.05, 0) is 25.0 Å². The Morgan fingerprint density at radius 2 is 1.81 bits per heavy atom. The fourth-order valence-corrected chi connectivity index (χ4v) is 5.89.